The molecule has 0 fully saturated rings. The zero-order valence-electron chi connectivity index (χ0n) is 18.5. The Balaban J connectivity index is 1.68. The predicted molar refractivity (Wildman–Crippen MR) is 135 cm³/mol. The van der Waals surface area contributed by atoms with E-state index in [4.69, 9.17) is 11.6 Å². The van der Waals surface area contributed by atoms with Gasteiger partial charge in [-0.15, -0.1) is 0 Å². The second kappa shape index (κ2) is 10.0. The van der Waals surface area contributed by atoms with E-state index in [1.807, 2.05) is 42.5 Å². The second-order valence-electron chi connectivity index (χ2n) is 7.95. The summed E-state index contributed by atoms with van der Waals surface area (Å²) in [7, 11) is 0. The molecule has 0 aliphatic carbocycles. The van der Waals surface area contributed by atoms with Crippen molar-refractivity contribution in [3.8, 4) is 0 Å². The average Bonchev–Trinajstić information content (AvgIpc) is 3.13. The van der Waals surface area contributed by atoms with Crippen molar-refractivity contribution in [2.24, 2.45) is 0 Å². The van der Waals surface area contributed by atoms with Gasteiger partial charge in [-0.25, -0.2) is 0 Å². The normalized spacial score (nSPS) is 14.3. The Hall–Kier alpha value is -3.08. The van der Waals surface area contributed by atoms with Crippen LogP contribution in [0.2, 0.25) is 5.02 Å². The van der Waals surface area contributed by atoms with Crippen LogP contribution in [0.4, 0.5) is 11.4 Å². The van der Waals surface area contributed by atoms with Gasteiger partial charge < -0.3 is 10.6 Å². The smallest absolute Gasteiger partial charge is 0.258 e. The second-order valence-corrected chi connectivity index (χ2v) is 8.39. The standard InChI is InChI=1S/C27H28ClN3O/c1-3-16-31(4-2)18-19-10-13-22(14-11-19)29-26(20-8-6-5-7-9-20)25-23-15-12-21(28)17-24(23)30-27(25)32/h5-15,17,29H,3-4,16,18H2,1-2H3,(H,30,32). The number of rotatable bonds is 8. The molecule has 1 aliphatic rings. The van der Waals surface area contributed by atoms with E-state index in [0.29, 0.717) is 10.6 Å². The maximum Gasteiger partial charge on any atom is 0.258 e. The molecule has 1 heterocycles. The van der Waals surface area contributed by atoms with Gasteiger partial charge in [0, 0.05) is 22.8 Å². The molecule has 4 nitrogen and oxygen atoms in total. The number of carbonyl (C=O) groups excluding carboxylic acids is 1. The van der Waals surface area contributed by atoms with Gasteiger partial charge in [0.05, 0.1) is 17.0 Å². The highest BCUT2D eigenvalue weighted by molar-refractivity contribution is 6.38. The van der Waals surface area contributed by atoms with E-state index < -0.39 is 0 Å². The highest BCUT2D eigenvalue weighted by Gasteiger charge is 2.28. The first-order chi connectivity index (χ1) is 15.6. The highest BCUT2D eigenvalue weighted by atomic mass is 35.5. The van der Waals surface area contributed by atoms with Gasteiger partial charge in [0.1, 0.15) is 0 Å². The van der Waals surface area contributed by atoms with Crippen molar-refractivity contribution < 1.29 is 4.79 Å². The van der Waals surface area contributed by atoms with E-state index in [-0.39, 0.29) is 5.91 Å². The molecule has 2 N–H and O–H groups in total. The van der Waals surface area contributed by atoms with E-state index in [0.717, 1.165) is 54.3 Å². The first-order valence-electron chi connectivity index (χ1n) is 11.1. The molecule has 0 radical (unpaired) electrons. The van der Waals surface area contributed by atoms with Crippen molar-refractivity contribution in [1.82, 2.24) is 4.90 Å². The van der Waals surface area contributed by atoms with E-state index in [9.17, 15) is 4.79 Å². The lowest BCUT2D eigenvalue weighted by atomic mass is 10.00. The lowest BCUT2D eigenvalue weighted by Crippen LogP contribution is -2.23. The number of amides is 1. The van der Waals surface area contributed by atoms with Gasteiger partial charge in [-0.1, -0.05) is 74.0 Å². The van der Waals surface area contributed by atoms with E-state index in [2.05, 4.69) is 53.6 Å². The molecular formula is C27H28ClN3O. The Morgan fingerprint density at radius 3 is 2.44 bits per heavy atom. The van der Waals surface area contributed by atoms with Gasteiger partial charge >= 0.3 is 0 Å². The molecule has 1 aliphatic heterocycles. The predicted octanol–water partition coefficient (Wildman–Crippen LogP) is 6.50. The number of carbonyl (C=O) groups is 1. The minimum atomic E-state index is -0.136. The molecule has 0 saturated carbocycles. The fourth-order valence-corrected chi connectivity index (χ4v) is 4.21. The highest BCUT2D eigenvalue weighted by Crippen LogP contribution is 2.38. The third kappa shape index (κ3) is 4.87. The molecule has 0 unspecified atom stereocenters. The lowest BCUT2D eigenvalue weighted by molar-refractivity contribution is -0.110. The third-order valence-corrected chi connectivity index (χ3v) is 5.89. The molecule has 0 aromatic heterocycles. The maximum atomic E-state index is 13.0. The molecule has 0 saturated heterocycles. The monoisotopic (exact) mass is 445 g/mol. The van der Waals surface area contributed by atoms with Crippen molar-refractivity contribution in [3.63, 3.8) is 0 Å². The zero-order valence-corrected chi connectivity index (χ0v) is 19.2. The quantitative estimate of drug-likeness (QED) is 0.389. The van der Waals surface area contributed by atoms with Crippen LogP contribution in [0.1, 0.15) is 37.0 Å². The fourth-order valence-electron chi connectivity index (χ4n) is 4.04. The minimum absolute atomic E-state index is 0.136. The Morgan fingerprint density at radius 1 is 1.00 bits per heavy atom. The first kappa shape index (κ1) is 22.1. The van der Waals surface area contributed by atoms with Gasteiger partial charge in [-0.2, -0.15) is 0 Å². The summed E-state index contributed by atoms with van der Waals surface area (Å²) >= 11 is 6.14. The van der Waals surface area contributed by atoms with Crippen molar-refractivity contribution in [3.05, 3.63) is 94.5 Å². The minimum Gasteiger partial charge on any atom is -0.354 e. The number of hydrogen-bond donors (Lipinski definition) is 2. The zero-order chi connectivity index (χ0) is 22.5. The van der Waals surface area contributed by atoms with E-state index in [1.165, 1.54) is 5.56 Å². The summed E-state index contributed by atoms with van der Waals surface area (Å²) in [6.07, 6.45) is 1.15. The van der Waals surface area contributed by atoms with Crippen LogP contribution >= 0.6 is 11.6 Å². The summed E-state index contributed by atoms with van der Waals surface area (Å²) in [5, 5.41) is 7.06. The number of halogens is 1. The molecule has 5 heteroatoms. The van der Waals surface area contributed by atoms with Crippen LogP contribution in [0.25, 0.3) is 11.3 Å². The Kier molecular flexibility index (Phi) is 6.93. The number of nitrogens with zero attached hydrogens (tertiary/aromatic N) is 1. The van der Waals surface area contributed by atoms with Crippen LogP contribution in [0, 0.1) is 0 Å². The average molecular weight is 446 g/mol. The summed E-state index contributed by atoms with van der Waals surface area (Å²) in [4.78, 5) is 15.4. The van der Waals surface area contributed by atoms with Crippen LogP contribution in [-0.2, 0) is 11.3 Å². The van der Waals surface area contributed by atoms with E-state index >= 15 is 0 Å². The number of hydrogen-bond acceptors (Lipinski definition) is 3. The number of fused-ring (bicyclic) bond motifs is 1. The summed E-state index contributed by atoms with van der Waals surface area (Å²) in [5.41, 5.74) is 6.14. The number of benzene rings is 3. The van der Waals surface area contributed by atoms with Crippen LogP contribution in [0.3, 0.4) is 0 Å². The van der Waals surface area contributed by atoms with Crippen molar-refractivity contribution in [1.29, 1.82) is 0 Å². The van der Waals surface area contributed by atoms with Gasteiger partial charge in [0.25, 0.3) is 5.91 Å². The summed E-state index contributed by atoms with van der Waals surface area (Å²) in [5.74, 6) is -0.136. The van der Waals surface area contributed by atoms with Crippen molar-refractivity contribution in [2.45, 2.75) is 26.8 Å². The van der Waals surface area contributed by atoms with Gasteiger partial charge in [0.15, 0.2) is 0 Å². The fraction of sp³-hybridized carbons (Fsp3) is 0.222. The Bertz CT molecular complexity index is 1120. The van der Waals surface area contributed by atoms with Crippen LogP contribution in [-0.4, -0.2) is 23.9 Å². The van der Waals surface area contributed by atoms with Crippen molar-refractivity contribution in [2.75, 3.05) is 23.7 Å². The molecular weight excluding hydrogens is 418 g/mol. The van der Waals surface area contributed by atoms with Crippen LogP contribution in [0.5, 0.6) is 0 Å². The van der Waals surface area contributed by atoms with Crippen molar-refractivity contribution >= 4 is 40.2 Å². The SMILES string of the molecule is CCCN(CC)Cc1ccc(NC(=C2C(=O)Nc3cc(Cl)ccc32)c2ccccc2)cc1. The molecule has 1 amide bonds. The summed E-state index contributed by atoms with van der Waals surface area (Å²) in [6.45, 7) is 7.48. The molecule has 0 bridgehead atoms. The molecule has 4 rings (SSSR count). The van der Waals surface area contributed by atoms with Gasteiger partial charge in [0.2, 0.25) is 0 Å². The lowest BCUT2D eigenvalue weighted by Gasteiger charge is -2.20. The number of anilines is 2. The molecule has 0 atom stereocenters. The Labute approximate surface area is 194 Å². The molecule has 164 valence electrons. The molecule has 32 heavy (non-hydrogen) atoms. The van der Waals surface area contributed by atoms with Gasteiger partial charge in [-0.05, 0) is 54.9 Å². The molecule has 0 spiro atoms. The van der Waals surface area contributed by atoms with E-state index in [1.54, 1.807) is 6.07 Å². The summed E-state index contributed by atoms with van der Waals surface area (Å²) in [6, 6.07) is 23.9. The third-order valence-electron chi connectivity index (χ3n) is 5.66. The van der Waals surface area contributed by atoms with Gasteiger partial charge in [-0.3, -0.25) is 9.69 Å². The largest absolute Gasteiger partial charge is 0.354 e. The first-order valence-corrected chi connectivity index (χ1v) is 11.5. The Morgan fingerprint density at radius 2 is 1.75 bits per heavy atom. The maximum absolute atomic E-state index is 13.0. The topological polar surface area (TPSA) is 44.4 Å². The molecule has 3 aromatic carbocycles. The number of nitrogens with one attached hydrogen (secondary N) is 2. The van der Waals surface area contributed by atoms with Crippen LogP contribution < -0.4 is 10.6 Å². The molecule has 3 aromatic rings. The van der Waals surface area contributed by atoms with Crippen LogP contribution in [0.15, 0.2) is 72.8 Å². The summed E-state index contributed by atoms with van der Waals surface area (Å²) < 4.78 is 0.